The lowest BCUT2D eigenvalue weighted by Crippen LogP contribution is -2.35. The summed E-state index contributed by atoms with van der Waals surface area (Å²) in [5, 5.41) is 13.0. The van der Waals surface area contributed by atoms with E-state index in [-0.39, 0.29) is 0 Å². The molecule has 0 radical (unpaired) electrons. The van der Waals surface area contributed by atoms with Crippen molar-refractivity contribution < 1.29 is 0 Å². The zero-order valence-electron chi connectivity index (χ0n) is 14.5. The van der Waals surface area contributed by atoms with Crippen molar-refractivity contribution in [2.75, 3.05) is 18.0 Å². The van der Waals surface area contributed by atoms with Crippen LogP contribution >= 0.6 is 22.7 Å². The molecule has 1 atom stereocenters. The van der Waals surface area contributed by atoms with Crippen LogP contribution in [0.1, 0.15) is 55.1 Å². The highest BCUT2D eigenvalue weighted by atomic mass is 32.1. The van der Waals surface area contributed by atoms with Crippen molar-refractivity contribution in [3.8, 4) is 0 Å². The summed E-state index contributed by atoms with van der Waals surface area (Å²) >= 11 is 3.36. The molecule has 25 heavy (non-hydrogen) atoms. The summed E-state index contributed by atoms with van der Waals surface area (Å²) < 4.78 is 2.24. The Hall–Kier alpha value is -1.80. The minimum Gasteiger partial charge on any atom is -0.346 e. The smallest absolute Gasteiger partial charge is 0.208 e. The molecule has 132 valence electrons. The van der Waals surface area contributed by atoms with Crippen molar-refractivity contribution in [3.63, 3.8) is 0 Å². The van der Waals surface area contributed by atoms with Crippen LogP contribution in [0.4, 0.5) is 5.13 Å². The normalized spacial score (nSPS) is 18.2. The zero-order valence-corrected chi connectivity index (χ0v) is 16.1. The molecule has 0 aromatic carbocycles. The van der Waals surface area contributed by atoms with Crippen molar-refractivity contribution in [3.05, 3.63) is 39.8 Å². The molecule has 3 aromatic rings. The van der Waals surface area contributed by atoms with Gasteiger partial charge in [0.05, 0.1) is 17.7 Å². The minimum absolute atomic E-state index is 0.425. The molecular formula is C17H22N6S2. The van der Waals surface area contributed by atoms with Gasteiger partial charge >= 0.3 is 0 Å². The lowest BCUT2D eigenvalue weighted by atomic mass is 9.97. The highest BCUT2D eigenvalue weighted by Gasteiger charge is 2.27. The fourth-order valence-corrected chi connectivity index (χ4v) is 4.68. The second kappa shape index (κ2) is 7.21. The third kappa shape index (κ3) is 3.59. The number of piperidine rings is 1. The summed E-state index contributed by atoms with van der Waals surface area (Å²) in [5.41, 5.74) is 2.98. The van der Waals surface area contributed by atoms with Gasteiger partial charge in [0.2, 0.25) is 5.13 Å². The summed E-state index contributed by atoms with van der Waals surface area (Å²) in [7, 11) is 0. The summed E-state index contributed by atoms with van der Waals surface area (Å²) in [6, 6.07) is 0. The molecule has 0 aliphatic carbocycles. The van der Waals surface area contributed by atoms with Gasteiger partial charge in [0.25, 0.3) is 0 Å². The zero-order chi connectivity index (χ0) is 17.2. The van der Waals surface area contributed by atoms with E-state index in [4.69, 9.17) is 0 Å². The third-order valence-corrected chi connectivity index (χ3v) is 6.46. The molecule has 1 saturated heterocycles. The second-order valence-corrected chi connectivity index (χ2v) is 8.46. The molecule has 1 aliphatic rings. The van der Waals surface area contributed by atoms with Gasteiger partial charge in [-0.05, 0) is 12.8 Å². The van der Waals surface area contributed by atoms with E-state index in [2.05, 4.69) is 55.1 Å². The maximum absolute atomic E-state index is 4.66. The molecule has 0 bridgehead atoms. The number of thiazole rings is 1. The Bertz CT molecular complexity index is 807. The van der Waals surface area contributed by atoms with Gasteiger partial charge < -0.3 is 9.47 Å². The van der Waals surface area contributed by atoms with Crippen LogP contribution in [0, 0.1) is 0 Å². The molecule has 6 nitrogen and oxygen atoms in total. The maximum atomic E-state index is 4.66. The first-order valence-corrected chi connectivity index (χ1v) is 10.4. The van der Waals surface area contributed by atoms with E-state index < -0.39 is 0 Å². The van der Waals surface area contributed by atoms with Crippen LogP contribution < -0.4 is 4.90 Å². The van der Waals surface area contributed by atoms with Crippen LogP contribution in [-0.2, 0) is 6.54 Å². The summed E-state index contributed by atoms with van der Waals surface area (Å²) in [6.07, 6.45) is 6.29. The maximum Gasteiger partial charge on any atom is 0.208 e. The first-order chi connectivity index (χ1) is 12.2. The molecule has 0 amide bonds. The molecule has 1 unspecified atom stereocenters. The Balaban J connectivity index is 1.50. The topological polar surface area (TPSA) is 59.7 Å². The number of hydrogen-bond donors (Lipinski definition) is 0. The van der Waals surface area contributed by atoms with Crippen LogP contribution in [-0.4, -0.2) is 37.8 Å². The lowest BCUT2D eigenvalue weighted by molar-refractivity contribution is 0.474. The fourth-order valence-electron chi connectivity index (χ4n) is 3.25. The minimum atomic E-state index is 0.425. The fraction of sp³-hybridized carbons (Fsp3) is 0.529. The highest BCUT2D eigenvalue weighted by Crippen LogP contribution is 2.32. The number of imidazole rings is 1. The Morgan fingerprint density at radius 2 is 2.20 bits per heavy atom. The predicted octanol–water partition coefficient (Wildman–Crippen LogP) is 3.75. The number of aromatic nitrogens is 5. The number of rotatable bonds is 5. The average Bonchev–Trinajstić information content (AvgIpc) is 3.37. The number of nitrogens with zero attached hydrogens (tertiary/aromatic N) is 6. The molecule has 4 heterocycles. The van der Waals surface area contributed by atoms with Gasteiger partial charge in [0.1, 0.15) is 10.8 Å². The van der Waals surface area contributed by atoms with Gasteiger partial charge in [0, 0.05) is 42.7 Å². The Morgan fingerprint density at radius 3 is 2.96 bits per heavy atom. The number of anilines is 1. The highest BCUT2D eigenvalue weighted by molar-refractivity contribution is 7.15. The third-order valence-electron chi connectivity index (χ3n) is 4.54. The molecule has 0 saturated carbocycles. The largest absolute Gasteiger partial charge is 0.346 e. The van der Waals surface area contributed by atoms with Crippen LogP contribution in [0.25, 0.3) is 0 Å². The summed E-state index contributed by atoms with van der Waals surface area (Å²) in [6.45, 7) is 7.14. The van der Waals surface area contributed by atoms with Gasteiger partial charge in [-0.2, -0.15) is 0 Å². The van der Waals surface area contributed by atoms with E-state index in [1.54, 1.807) is 22.7 Å². The second-order valence-electron chi connectivity index (χ2n) is 6.76. The first kappa shape index (κ1) is 16.7. The van der Waals surface area contributed by atoms with Gasteiger partial charge in [0.15, 0.2) is 0 Å². The van der Waals surface area contributed by atoms with Crippen LogP contribution in [0.3, 0.4) is 0 Å². The van der Waals surface area contributed by atoms with Crippen LogP contribution in [0.2, 0.25) is 0 Å². The Kier molecular flexibility index (Phi) is 4.80. The molecule has 4 rings (SSSR count). The van der Waals surface area contributed by atoms with Crippen molar-refractivity contribution in [1.82, 2.24) is 24.7 Å². The van der Waals surface area contributed by atoms with Crippen molar-refractivity contribution in [2.24, 2.45) is 0 Å². The molecule has 0 spiro atoms. The average molecular weight is 375 g/mol. The van der Waals surface area contributed by atoms with Gasteiger partial charge in [-0.3, -0.25) is 0 Å². The van der Waals surface area contributed by atoms with Gasteiger partial charge in [-0.15, -0.1) is 21.5 Å². The van der Waals surface area contributed by atoms with E-state index in [0.717, 1.165) is 47.7 Å². The van der Waals surface area contributed by atoms with E-state index in [1.165, 1.54) is 6.42 Å². The molecule has 1 fully saturated rings. The van der Waals surface area contributed by atoms with Gasteiger partial charge in [-0.1, -0.05) is 25.2 Å². The van der Waals surface area contributed by atoms with E-state index in [0.29, 0.717) is 11.8 Å². The van der Waals surface area contributed by atoms with Gasteiger partial charge in [-0.25, -0.2) is 9.97 Å². The lowest BCUT2D eigenvalue weighted by Gasteiger charge is -2.32. The SMILES string of the molecule is CC(C)c1nnc(N2CCCC(c3nccn3Cc3cscn3)C2)s1. The number of hydrogen-bond acceptors (Lipinski definition) is 7. The summed E-state index contributed by atoms with van der Waals surface area (Å²) in [4.78, 5) is 11.4. The molecule has 1 aliphatic heterocycles. The Labute approximate surface area is 155 Å². The quantitative estimate of drug-likeness (QED) is 0.681. The van der Waals surface area contributed by atoms with Crippen molar-refractivity contribution >= 4 is 27.8 Å². The van der Waals surface area contributed by atoms with Crippen LogP contribution in [0.15, 0.2) is 23.3 Å². The van der Waals surface area contributed by atoms with Crippen LogP contribution in [0.5, 0.6) is 0 Å². The standard InChI is InChI=1S/C17H22N6S2/c1-12(2)16-20-21-17(25-16)23-6-3-4-13(8-23)15-18-5-7-22(15)9-14-10-24-11-19-14/h5,7,10-13H,3-4,6,8-9H2,1-2H3. The van der Waals surface area contributed by atoms with E-state index >= 15 is 0 Å². The monoisotopic (exact) mass is 374 g/mol. The molecular weight excluding hydrogens is 352 g/mol. The van der Waals surface area contributed by atoms with E-state index in [1.807, 2.05) is 11.7 Å². The summed E-state index contributed by atoms with van der Waals surface area (Å²) in [5.74, 6) is 2.02. The molecule has 8 heteroatoms. The van der Waals surface area contributed by atoms with E-state index in [9.17, 15) is 0 Å². The van der Waals surface area contributed by atoms with Crippen molar-refractivity contribution in [2.45, 2.75) is 45.1 Å². The molecule has 3 aromatic heterocycles. The first-order valence-electron chi connectivity index (χ1n) is 8.67. The molecule has 0 N–H and O–H groups in total. The Morgan fingerprint density at radius 1 is 1.28 bits per heavy atom. The van der Waals surface area contributed by atoms with Crippen molar-refractivity contribution in [1.29, 1.82) is 0 Å². The predicted molar refractivity (Wildman–Crippen MR) is 102 cm³/mol.